The topological polar surface area (TPSA) is 87.7 Å². The molecule has 4 rings (SSSR count). The fourth-order valence-electron chi connectivity index (χ4n) is 4.72. The predicted octanol–water partition coefficient (Wildman–Crippen LogP) is 2.99. The van der Waals surface area contributed by atoms with Crippen molar-refractivity contribution >= 4 is 23.4 Å². The van der Waals surface area contributed by atoms with E-state index in [-0.39, 0.29) is 36.3 Å². The van der Waals surface area contributed by atoms with Crippen molar-refractivity contribution in [1.82, 2.24) is 10.2 Å². The number of hydrogen-bond donors (Lipinski definition) is 2. The monoisotopic (exact) mass is 413 g/mol. The largest absolute Gasteiger partial charge is 0.380 e. The van der Waals surface area contributed by atoms with Gasteiger partial charge in [0.2, 0.25) is 11.8 Å². The third-order valence-electron chi connectivity index (χ3n) is 6.41. The molecule has 2 heterocycles. The van der Waals surface area contributed by atoms with E-state index in [4.69, 9.17) is 4.74 Å². The van der Waals surface area contributed by atoms with E-state index in [1.807, 2.05) is 18.2 Å². The maximum Gasteiger partial charge on any atom is 0.255 e. The summed E-state index contributed by atoms with van der Waals surface area (Å²) in [4.78, 5) is 38.1. The molecule has 30 heavy (non-hydrogen) atoms. The predicted molar refractivity (Wildman–Crippen MR) is 113 cm³/mol. The molecule has 162 valence electrons. The van der Waals surface area contributed by atoms with Crippen LogP contribution in [0, 0.1) is 0 Å². The van der Waals surface area contributed by atoms with Crippen LogP contribution in [-0.2, 0) is 20.9 Å². The maximum atomic E-state index is 12.8. The Balaban J connectivity index is 1.43. The molecule has 0 bridgehead atoms. The first-order valence-corrected chi connectivity index (χ1v) is 11.2. The summed E-state index contributed by atoms with van der Waals surface area (Å²) in [6.45, 7) is 3.37. The van der Waals surface area contributed by atoms with Gasteiger partial charge in [-0.25, -0.2) is 0 Å². The number of imide groups is 1. The van der Waals surface area contributed by atoms with E-state index in [1.54, 1.807) is 4.90 Å². The molecule has 2 fully saturated rings. The molecule has 0 radical (unpaired) electrons. The Labute approximate surface area is 177 Å². The Bertz CT molecular complexity index is 825. The second-order valence-corrected chi connectivity index (χ2v) is 8.57. The van der Waals surface area contributed by atoms with Gasteiger partial charge in [-0.05, 0) is 49.4 Å². The highest BCUT2D eigenvalue weighted by molar-refractivity contribution is 6.05. The Morgan fingerprint density at radius 2 is 2.00 bits per heavy atom. The molecule has 0 spiro atoms. The zero-order valence-corrected chi connectivity index (χ0v) is 17.6. The number of carbonyl (C=O) groups excluding carboxylic acids is 3. The highest BCUT2D eigenvalue weighted by Gasteiger charge is 2.39. The van der Waals surface area contributed by atoms with Crippen LogP contribution in [0.1, 0.15) is 74.2 Å². The molecule has 7 nitrogen and oxygen atoms in total. The summed E-state index contributed by atoms with van der Waals surface area (Å²) in [5.74, 6) is -0.778. The number of fused-ring (bicyclic) bond motifs is 1. The first-order valence-electron chi connectivity index (χ1n) is 11.2. The lowest BCUT2D eigenvalue weighted by Crippen LogP contribution is -2.52. The number of nitrogens with zero attached hydrogens (tertiary/aromatic N) is 1. The number of unbranched alkanes of at least 4 members (excludes halogenated alkanes) is 1. The van der Waals surface area contributed by atoms with Crippen molar-refractivity contribution in [1.29, 1.82) is 0 Å². The van der Waals surface area contributed by atoms with Gasteiger partial charge in [-0.2, -0.15) is 0 Å². The molecule has 1 aromatic carbocycles. The third-order valence-corrected chi connectivity index (χ3v) is 6.41. The molecule has 1 aliphatic carbocycles. The zero-order valence-electron chi connectivity index (χ0n) is 17.6. The van der Waals surface area contributed by atoms with Crippen LogP contribution < -0.4 is 10.6 Å². The van der Waals surface area contributed by atoms with Crippen molar-refractivity contribution in [3.05, 3.63) is 29.3 Å². The van der Waals surface area contributed by atoms with Crippen molar-refractivity contribution in [2.45, 2.75) is 83.0 Å². The molecule has 7 heteroatoms. The standard InChI is InChI=1S/C23H31N3O4/c1-2-3-12-30-20-7-5-4-6-18(20)24-16-8-9-17-15(13-16)14-26(23(17)29)19-10-11-21(27)25-22(19)28/h8-9,13,18-20,24H,2-7,10-12,14H2,1H3,(H,25,27,28)/t18-,19?,20-/m0/s1. The quantitative estimate of drug-likeness (QED) is 0.530. The van der Waals surface area contributed by atoms with Gasteiger partial charge in [0.25, 0.3) is 5.91 Å². The van der Waals surface area contributed by atoms with Gasteiger partial charge in [-0.1, -0.05) is 26.2 Å². The highest BCUT2D eigenvalue weighted by atomic mass is 16.5. The summed E-state index contributed by atoms with van der Waals surface area (Å²) in [7, 11) is 0. The average Bonchev–Trinajstić information content (AvgIpc) is 3.05. The fourth-order valence-corrected chi connectivity index (χ4v) is 4.72. The molecular weight excluding hydrogens is 382 g/mol. The zero-order chi connectivity index (χ0) is 21.1. The molecule has 3 aliphatic rings. The highest BCUT2D eigenvalue weighted by Crippen LogP contribution is 2.31. The van der Waals surface area contributed by atoms with Gasteiger partial charge in [0, 0.05) is 30.8 Å². The number of piperidine rings is 1. The molecule has 2 aliphatic heterocycles. The molecule has 2 N–H and O–H groups in total. The third kappa shape index (κ3) is 4.36. The summed E-state index contributed by atoms with van der Waals surface area (Å²) in [6.07, 6.45) is 7.64. The number of rotatable bonds is 7. The first kappa shape index (κ1) is 20.8. The van der Waals surface area contributed by atoms with E-state index in [0.717, 1.165) is 43.5 Å². The minimum Gasteiger partial charge on any atom is -0.380 e. The molecule has 3 atom stereocenters. The lowest BCUT2D eigenvalue weighted by atomic mass is 9.92. The fraction of sp³-hybridized carbons (Fsp3) is 0.609. The van der Waals surface area contributed by atoms with Crippen LogP contribution in [-0.4, -0.2) is 47.4 Å². The summed E-state index contributed by atoms with van der Waals surface area (Å²) in [6, 6.07) is 5.52. The van der Waals surface area contributed by atoms with Crippen molar-refractivity contribution in [2.75, 3.05) is 11.9 Å². The van der Waals surface area contributed by atoms with Crippen molar-refractivity contribution in [3.8, 4) is 0 Å². The normalized spacial score (nSPS) is 26.5. The number of amides is 3. The minimum absolute atomic E-state index is 0.135. The van der Waals surface area contributed by atoms with Gasteiger partial charge in [-0.15, -0.1) is 0 Å². The van der Waals surface area contributed by atoms with Crippen molar-refractivity contribution in [2.24, 2.45) is 0 Å². The van der Waals surface area contributed by atoms with Crippen LogP contribution >= 0.6 is 0 Å². The molecule has 1 saturated heterocycles. The van der Waals surface area contributed by atoms with Gasteiger partial charge in [0.1, 0.15) is 6.04 Å². The summed E-state index contributed by atoms with van der Waals surface area (Å²) < 4.78 is 6.14. The molecular formula is C23H31N3O4. The smallest absolute Gasteiger partial charge is 0.255 e. The number of nitrogens with one attached hydrogen (secondary N) is 2. The maximum absolute atomic E-state index is 12.8. The van der Waals surface area contributed by atoms with Crippen LogP contribution in [0.25, 0.3) is 0 Å². The lowest BCUT2D eigenvalue weighted by Gasteiger charge is -2.33. The van der Waals surface area contributed by atoms with E-state index >= 15 is 0 Å². The van der Waals surface area contributed by atoms with Gasteiger partial charge >= 0.3 is 0 Å². The number of anilines is 1. The molecule has 3 amide bonds. The van der Waals surface area contributed by atoms with Crippen LogP contribution in [0.5, 0.6) is 0 Å². The van der Waals surface area contributed by atoms with Crippen LogP contribution in [0.3, 0.4) is 0 Å². The Morgan fingerprint density at radius 3 is 2.80 bits per heavy atom. The SMILES string of the molecule is CCCCO[C@H]1CCCC[C@@H]1Nc1ccc2c(c1)CN(C1CCC(=O)NC1=O)C2=O. The van der Waals surface area contributed by atoms with E-state index in [9.17, 15) is 14.4 Å². The summed E-state index contributed by atoms with van der Waals surface area (Å²) in [5, 5.41) is 5.98. The van der Waals surface area contributed by atoms with Crippen LogP contribution in [0.2, 0.25) is 0 Å². The van der Waals surface area contributed by atoms with E-state index in [2.05, 4.69) is 17.6 Å². The first-order chi connectivity index (χ1) is 14.6. The second-order valence-electron chi connectivity index (χ2n) is 8.57. The average molecular weight is 414 g/mol. The minimum atomic E-state index is -0.575. The second kappa shape index (κ2) is 9.16. The van der Waals surface area contributed by atoms with Crippen LogP contribution in [0.4, 0.5) is 5.69 Å². The number of ether oxygens (including phenoxy) is 1. The Morgan fingerprint density at radius 1 is 1.17 bits per heavy atom. The molecule has 1 saturated carbocycles. The number of benzene rings is 1. The summed E-state index contributed by atoms with van der Waals surface area (Å²) >= 11 is 0. The van der Waals surface area contributed by atoms with E-state index in [0.29, 0.717) is 18.5 Å². The molecule has 1 unspecified atom stereocenters. The molecule has 1 aromatic rings. The van der Waals surface area contributed by atoms with Crippen LogP contribution in [0.15, 0.2) is 18.2 Å². The van der Waals surface area contributed by atoms with Gasteiger partial charge in [0.15, 0.2) is 0 Å². The van der Waals surface area contributed by atoms with Gasteiger partial charge < -0.3 is 15.0 Å². The summed E-state index contributed by atoms with van der Waals surface area (Å²) in [5.41, 5.74) is 2.56. The lowest BCUT2D eigenvalue weighted by molar-refractivity contribution is -0.136. The van der Waals surface area contributed by atoms with Crippen molar-refractivity contribution in [3.63, 3.8) is 0 Å². The van der Waals surface area contributed by atoms with Crippen molar-refractivity contribution < 1.29 is 19.1 Å². The Kier molecular flexibility index (Phi) is 6.37. The van der Waals surface area contributed by atoms with Gasteiger partial charge in [-0.3, -0.25) is 19.7 Å². The van der Waals surface area contributed by atoms with E-state index in [1.165, 1.54) is 12.8 Å². The number of carbonyl (C=O) groups is 3. The van der Waals surface area contributed by atoms with E-state index < -0.39 is 6.04 Å². The Hall–Kier alpha value is -2.41. The number of hydrogen-bond acceptors (Lipinski definition) is 5. The van der Waals surface area contributed by atoms with Gasteiger partial charge in [0.05, 0.1) is 12.1 Å². The molecule has 0 aromatic heterocycles.